The van der Waals surface area contributed by atoms with E-state index in [1.807, 2.05) is 36.4 Å². The summed E-state index contributed by atoms with van der Waals surface area (Å²) >= 11 is 5.26. The van der Waals surface area contributed by atoms with Crippen LogP contribution in [0.4, 0.5) is 9.59 Å². The molecule has 0 atom stereocenters. The molecule has 6 heteroatoms. The molecule has 5 nitrogen and oxygen atoms in total. The molecule has 0 aliphatic carbocycles. The van der Waals surface area contributed by atoms with Crippen LogP contribution >= 0.6 is 11.6 Å². The molecule has 0 bridgehead atoms. The van der Waals surface area contributed by atoms with Crippen LogP contribution in [0.3, 0.4) is 0 Å². The third-order valence-electron chi connectivity index (χ3n) is 2.58. The molecule has 2 rings (SSSR count). The number of halogens is 1. The van der Waals surface area contributed by atoms with Gasteiger partial charge in [0, 0.05) is 6.21 Å². The number of nitrogens with zero attached hydrogens (tertiary/aromatic N) is 3. The molecule has 1 aliphatic heterocycles. The lowest BCUT2D eigenvalue weighted by atomic mass is 10.2. The number of carbonyl (C=O) groups is 2. The van der Waals surface area contributed by atoms with Crippen molar-refractivity contribution in [2.24, 2.45) is 5.10 Å². The Morgan fingerprint density at radius 1 is 1.26 bits per heavy atom. The molecular weight excluding hydrogens is 266 g/mol. The third kappa shape index (κ3) is 3.42. The normalized spacial score (nSPS) is 15.9. The highest BCUT2D eigenvalue weighted by atomic mass is 35.5. The number of imide groups is 1. The smallest absolute Gasteiger partial charge is 0.255 e. The van der Waals surface area contributed by atoms with Crippen LogP contribution in [0.15, 0.2) is 41.5 Å². The fourth-order valence-corrected chi connectivity index (χ4v) is 1.79. The number of urea groups is 1. The van der Waals surface area contributed by atoms with Crippen LogP contribution in [0.2, 0.25) is 0 Å². The van der Waals surface area contributed by atoms with Gasteiger partial charge in [-0.25, -0.2) is 14.7 Å². The van der Waals surface area contributed by atoms with Crippen molar-refractivity contribution in [2.75, 3.05) is 13.1 Å². The minimum absolute atomic E-state index is 0.265. The van der Waals surface area contributed by atoms with Gasteiger partial charge >= 0.3 is 11.4 Å². The van der Waals surface area contributed by atoms with E-state index in [1.165, 1.54) is 11.2 Å². The minimum atomic E-state index is -0.775. The fraction of sp³-hybridized carbons (Fsp3) is 0.154. The maximum absolute atomic E-state index is 11.6. The number of benzene rings is 1. The first-order chi connectivity index (χ1) is 9.18. The standard InChI is InChI=1S/C13H12ClN3O2/c14-12(18)16-9-10-17(13(16)19)15-8-4-7-11-5-2-1-3-6-11/h1-8H,9-10H2. The van der Waals surface area contributed by atoms with Crippen molar-refractivity contribution < 1.29 is 9.59 Å². The lowest BCUT2D eigenvalue weighted by molar-refractivity contribution is 0.195. The second kappa shape index (κ2) is 6.15. The maximum Gasteiger partial charge on any atom is 0.348 e. The van der Waals surface area contributed by atoms with Gasteiger partial charge in [0.05, 0.1) is 13.1 Å². The van der Waals surface area contributed by atoms with E-state index in [9.17, 15) is 9.59 Å². The number of hydrogen-bond acceptors (Lipinski definition) is 3. The van der Waals surface area contributed by atoms with Gasteiger partial charge in [-0.2, -0.15) is 5.10 Å². The predicted molar refractivity (Wildman–Crippen MR) is 74.0 cm³/mol. The summed E-state index contributed by atoms with van der Waals surface area (Å²) < 4.78 is 0. The second-order valence-corrected chi connectivity index (χ2v) is 4.17. The lowest BCUT2D eigenvalue weighted by Crippen LogP contribution is -2.30. The largest absolute Gasteiger partial charge is 0.348 e. The monoisotopic (exact) mass is 277 g/mol. The summed E-state index contributed by atoms with van der Waals surface area (Å²) in [7, 11) is 0. The van der Waals surface area contributed by atoms with Crippen LogP contribution in [0.5, 0.6) is 0 Å². The van der Waals surface area contributed by atoms with Gasteiger partial charge in [0.25, 0.3) is 0 Å². The molecule has 0 radical (unpaired) electrons. The number of rotatable bonds is 3. The van der Waals surface area contributed by atoms with Crippen molar-refractivity contribution in [1.29, 1.82) is 0 Å². The summed E-state index contributed by atoms with van der Waals surface area (Å²) in [6.45, 7) is 0.619. The van der Waals surface area contributed by atoms with Crippen molar-refractivity contribution in [3.05, 3.63) is 42.0 Å². The maximum atomic E-state index is 11.6. The topological polar surface area (TPSA) is 53.0 Å². The average molecular weight is 278 g/mol. The van der Waals surface area contributed by atoms with Gasteiger partial charge in [-0.1, -0.05) is 36.4 Å². The molecule has 0 saturated carbocycles. The van der Waals surface area contributed by atoms with Crippen molar-refractivity contribution in [2.45, 2.75) is 0 Å². The van der Waals surface area contributed by atoms with Crippen LogP contribution in [0.1, 0.15) is 5.56 Å². The number of hydrogen-bond donors (Lipinski definition) is 0. The minimum Gasteiger partial charge on any atom is -0.255 e. The van der Waals surface area contributed by atoms with Gasteiger partial charge < -0.3 is 0 Å². The zero-order chi connectivity index (χ0) is 13.7. The second-order valence-electron chi connectivity index (χ2n) is 3.84. The predicted octanol–water partition coefficient (Wildman–Crippen LogP) is 2.78. The van der Waals surface area contributed by atoms with Crippen molar-refractivity contribution in [3.63, 3.8) is 0 Å². The highest BCUT2D eigenvalue weighted by Gasteiger charge is 2.31. The van der Waals surface area contributed by atoms with Gasteiger partial charge in [0.2, 0.25) is 0 Å². The Kier molecular flexibility index (Phi) is 4.30. The molecule has 0 unspecified atom stereocenters. The Morgan fingerprint density at radius 3 is 2.63 bits per heavy atom. The molecule has 0 aromatic heterocycles. The Labute approximate surface area is 115 Å². The molecule has 3 amide bonds. The van der Waals surface area contributed by atoms with E-state index >= 15 is 0 Å². The molecule has 0 spiro atoms. The van der Waals surface area contributed by atoms with Crippen LogP contribution in [0.25, 0.3) is 6.08 Å². The Balaban J connectivity index is 1.92. The van der Waals surface area contributed by atoms with Crippen molar-refractivity contribution in [3.8, 4) is 0 Å². The molecule has 1 aliphatic rings. The molecule has 0 N–H and O–H groups in total. The molecule has 19 heavy (non-hydrogen) atoms. The Hall–Kier alpha value is -2.14. The lowest BCUT2D eigenvalue weighted by Gasteiger charge is -2.09. The van der Waals surface area contributed by atoms with Crippen LogP contribution < -0.4 is 0 Å². The highest BCUT2D eigenvalue weighted by molar-refractivity contribution is 6.64. The third-order valence-corrected chi connectivity index (χ3v) is 2.78. The molecule has 1 saturated heterocycles. The quantitative estimate of drug-likeness (QED) is 0.485. The number of carbonyl (C=O) groups excluding carboxylic acids is 2. The molecular formula is C13H12ClN3O2. The summed E-state index contributed by atoms with van der Waals surface area (Å²) in [6.07, 6.45) is 5.11. The van der Waals surface area contributed by atoms with Crippen molar-refractivity contribution >= 4 is 35.3 Å². The van der Waals surface area contributed by atoms with Gasteiger partial charge in [-0.05, 0) is 23.2 Å². The number of amides is 3. The summed E-state index contributed by atoms with van der Waals surface area (Å²) in [5.41, 5.74) is 1.04. The summed E-state index contributed by atoms with van der Waals surface area (Å²) in [5.74, 6) is 0. The van der Waals surface area contributed by atoms with E-state index in [0.29, 0.717) is 6.54 Å². The van der Waals surface area contributed by atoms with Gasteiger partial charge in [0.15, 0.2) is 0 Å². The zero-order valence-electron chi connectivity index (χ0n) is 10.1. The van der Waals surface area contributed by atoms with Crippen LogP contribution in [-0.4, -0.2) is 40.6 Å². The average Bonchev–Trinajstić information content (AvgIpc) is 2.77. The Bertz CT molecular complexity index is 528. The van der Waals surface area contributed by atoms with Gasteiger partial charge in [-0.3, -0.25) is 4.79 Å². The first kappa shape index (κ1) is 13.3. The highest BCUT2D eigenvalue weighted by Crippen LogP contribution is 2.11. The van der Waals surface area contributed by atoms with Crippen molar-refractivity contribution in [1.82, 2.24) is 9.91 Å². The van der Waals surface area contributed by atoms with Gasteiger partial charge in [-0.15, -0.1) is 0 Å². The molecule has 1 aromatic rings. The van der Waals surface area contributed by atoms with E-state index in [2.05, 4.69) is 5.10 Å². The fourth-order valence-electron chi connectivity index (χ4n) is 1.63. The van der Waals surface area contributed by atoms with E-state index in [-0.39, 0.29) is 6.54 Å². The molecule has 98 valence electrons. The zero-order valence-corrected chi connectivity index (χ0v) is 10.8. The number of hydrazone groups is 1. The summed E-state index contributed by atoms with van der Waals surface area (Å²) in [6, 6.07) is 9.23. The SMILES string of the molecule is O=C(Cl)N1CCN(N=CC=Cc2ccccc2)C1=O. The summed E-state index contributed by atoms with van der Waals surface area (Å²) in [5, 5.41) is 4.40. The van der Waals surface area contributed by atoms with Crippen LogP contribution in [-0.2, 0) is 0 Å². The Morgan fingerprint density at radius 2 is 2.00 bits per heavy atom. The van der Waals surface area contributed by atoms with Gasteiger partial charge in [0.1, 0.15) is 0 Å². The first-order valence-corrected chi connectivity index (χ1v) is 6.10. The van der Waals surface area contributed by atoms with E-state index in [4.69, 9.17) is 11.6 Å². The van der Waals surface area contributed by atoms with Crippen LogP contribution in [0, 0.1) is 0 Å². The first-order valence-electron chi connectivity index (χ1n) is 5.72. The van der Waals surface area contributed by atoms with E-state index in [0.717, 1.165) is 10.5 Å². The molecule has 1 heterocycles. The molecule has 1 aromatic carbocycles. The molecule has 1 fully saturated rings. The number of allylic oxidation sites excluding steroid dienone is 1. The van der Waals surface area contributed by atoms with E-state index in [1.54, 1.807) is 6.08 Å². The summed E-state index contributed by atoms with van der Waals surface area (Å²) in [4.78, 5) is 23.5. The van der Waals surface area contributed by atoms with E-state index < -0.39 is 11.4 Å².